The predicted octanol–water partition coefficient (Wildman–Crippen LogP) is 4.51. The Balaban J connectivity index is 1.45. The molecule has 2 N–H and O–H groups in total. The van der Waals surface area contributed by atoms with Gasteiger partial charge in [-0.25, -0.2) is 4.79 Å². The van der Waals surface area contributed by atoms with Gasteiger partial charge in [0.05, 0.1) is 0 Å². The van der Waals surface area contributed by atoms with E-state index in [-0.39, 0.29) is 6.03 Å². The molecule has 1 heterocycles. The van der Waals surface area contributed by atoms with Gasteiger partial charge in [0.1, 0.15) is 0 Å². The van der Waals surface area contributed by atoms with Gasteiger partial charge in [0.15, 0.2) is 0 Å². The minimum atomic E-state index is -0.122. The molecule has 0 radical (unpaired) electrons. The normalized spacial score (nSPS) is 18.5. The van der Waals surface area contributed by atoms with E-state index in [1.807, 2.05) is 18.2 Å². The molecule has 4 heteroatoms. The third-order valence-electron chi connectivity index (χ3n) is 5.46. The molecule has 1 fully saturated rings. The number of rotatable bonds is 5. The molecular formula is C22H29N3O. The molecular weight excluding hydrogens is 322 g/mol. The highest BCUT2D eigenvalue weighted by Gasteiger charge is 2.26. The summed E-state index contributed by atoms with van der Waals surface area (Å²) < 4.78 is 0. The fourth-order valence-corrected chi connectivity index (χ4v) is 3.55. The van der Waals surface area contributed by atoms with Crippen LogP contribution in [0, 0.1) is 19.8 Å². The van der Waals surface area contributed by atoms with Crippen LogP contribution >= 0.6 is 0 Å². The molecule has 2 amide bonds. The number of anilines is 1. The first-order chi connectivity index (χ1) is 12.5. The highest BCUT2D eigenvalue weighted by atomic mass is 16.2. The fraction of sp³-hybridized carbons (Fsp3) is 0.409. The number of aryl methyl sites for hydroxylation is 2. The van der Waals surface area contributed by atoms with Gasteiger partial charge in [-0.3, -0.25) is 4.90 Å². The van der Waals surface area contributed by atoms with E-state index in [0.29, 0.717) is 18.5 Å². The first kappa shape index (κ1) is 18.5. The largest absolute Gasteiger partial charge is 0.338 e. The van der Waals surface area contributed by atoms with E-state index < -0.39 is 0 Å². The monoisotopic (exact) mass is 351 g/mol. The van der Waals surface area contributed by atoms with Gasteiger partial charge in [-0.1, -0.05) is 36.4 Å². The zero-order valence-corrected chi connectivity index (χ0v) is 16.0. The van der Waals surface area contributed by atoms with E-state index >= 15 is 0 Å². The summed E-state index contributed by atoms with van der Waals surface area (Å²) in [6, 6.07) is 16.9. The summed E-state index contributed by atoms with van der Waals surface area (Å²) in [5.74, 6) is 0.506. The van der Waals surface area contributed by atoms with Crippen molar-refractivity contribution in [3.63, 3.8) is 0 Å². The van der Waals surface area contributed by atoms with E-state index in [9.17, 15) is 4.79 Å². The van der Waals surface area contributed by atoms with Gasteiger partial charge in [0, 0.05) is 24.8 Å². The molecule has 26 heavy (non-hydrogen) atoms. The molecule has 1 aliphatic heterocycles. The quantitative estimate of drug-likeness (QED) is 0.832. The predicted molar refractivity (Wildman–Crippen MR) is 107 cm³/mol. The molecule has 0 aliphatic carbocycles. The maximum Gasteiger partial charge on any atom is 0.319 e. The van der Waals surface area contributed by atoms with Crippen molar-refractivity contribution in [2.75, 3.05) is 25.0 Å². The first-order valence-electron chi connectivity index (χ1n) is 9.44. The Hall–Kier alpha value is -2.33. The SMILES string of the molecule is Cc1ccc(NC(=O)NCC2CCN(C(C)c3ccccc3)C2)cc1C. The minimum Gasteiger partial charge on any atom is -0.338 e. The first-order valence-corrected chi connectivity index (χ1v) is 9.44. The molecule has 1 aliphatic rings. The molecule has 0 aromatic heterocycles. The van der Waals surface area contributed by atoms with Crippen LogP contribution in [-0.2, 0) is 0 Å². The number of hydrogen-bond acceptors (Lipinski definition) is 2. The lowest BCUT2D eigenvalue weighted by atomic mass is 10.1. The van der Waals surface area contributed by atoms with Crippen molar-refractivity contribution in [2.45, 2.75) is 33.2 Å². The Kier molecular flexibility index (Phi) is 5.94. The van der Waals surface area contributed by atoms with Crippen LogP contribution in [0.25, 0.3) is 0 Å². The van der Waals surface area contributed by atoms with Crippen molar-refractivity contribution < 1.29 is 4.79 Å². The molecule has 138 valence electrons. The Morgan fingerprint density at radius 1 is 1.15 bits per heavy atom. The van der Waals surface area contributed by atoms with Crippen LogP contribution < -0.4 is 10.6 Å². The second kappa shape index (κ2) is 8.37. The summed E-state index contributed by atoms with van der Waals surface area (Å²) in [5, 5.41) is 5.96. The van der Waals surface area contributed by atoms with Crippen LogP contribution in [0.5, 0.6) is 0 Å². The van der Waals surface area contributed by atoms with Crippen molar-refractivity contribution in [3.05, 3.63) is 65.2 Å². The molecule has 0 saturated carbocycles. The van der Waals surface area contributed by atoms with Crippen LogP contribution in [0.4, 0.5) is 10.5 Å². The van der Waals surface area contributed by atoms with E-state index in [4.69, 9.17) is 0 Å². The average Bonchev–Trinajstić information content (AvgIpc) is 3.12. The van der Waals surface area contributed by atoms with Gasteiger partial charge in [-0.2, -0.15) is 0 Å². The second-order valence-corrected chi connectivity index (χ2v) is 7.37. The molecule has 2 unspecified atom stereocenters. The standard InChI is InChI=1S/C22H29N3O/c1-16-9-10-21(13-17(16)2)24-22(26)23-14-19-11-12-25(15-19)18(3)20-7-5-4-6-8-20/h4-10,13,18-19H,11-12,14-15H2,1-3H3,(H2,23,24,26). The van der Waals surface area contributed by atoms with Gasteiger partial charge < -0.3 is 10.6 Å². The topological polar surface area (TPSA) is 44.4 Å². The summed E-state index contributed by atoms with van der Waals surface area (Å²) in [6.07, 6.45) is 1.13. The lowest BCUT2D eigenvalue weighted by Gasteiger charge is -2.24. The third kappa shape index (κ3) is 4.64. The molecule has 2 atom stereocenters. The van der Waals surface area contributed by atoms with E-state index in [1.54, 1.807) is 0 Å². The van der Waals surface area contributed by atoms with Crippen LogP contribution in [0.2, 0.25) is 0 Å². The van der Waals surface area contributed by atoms with Crippen LogP contribution in [0.1, 0.15) is 36.1 Å². The van der Waals surface area contributed by atoms with Crippen LogP contribution in [0.3, 0.4) is 0 Å². The van der Waals surface area contributed by atoms with E-state index in [1.165, 1.54) is 16.7 Å². The van der Waals surface area contributed by atoms with Crippen LogP contribution in [0.15, 0.2) is 48.5 Å². The number of nitrogens with one attached hydrogen (secondary N) is 2. The number of carbonyl (C=O) groups is 1. The van der Waals surface area contributed by atoms with Crippen molar-refractivity contribution in [2.24, 2.45) is 5.92 Å². The van der Waals surface area contributed by atoms with Gasteiger partial charge in [0.25, 0.3) is 0 Å². The minimum absolute atomic E-state index is 0.122. The molecule has 0 bridgehead atoms. The number of benzene rings is 2. The lowest BCUT2D eigenvalue weighted by Crippen LogP contribution is -2.34. The molecule has 2 aromatic carbocycles. The molecule has 0 spiro atoms. The summed E-state index contributed by atoms with van der Waals surface area (Å²) in [4.78, 5) is 14.7. The average molecular weight is 351 g/mol. The highest BCUT2D eigenvalue weighted by Crippen LogP contribution is 2.26. The van der Waals surface area contributed by atoms with Crippen molar-refractivity contribution in [1.82, 2.24) is 10.2 Å². The summed E-state index contributed by atoms with van der Waals surface area (Å²) in [7, 11) is 0. The third-order valence-corrected chi connectivity index (χ3v) is 5.46. The second-order valence-electron chi connectivity index (χ2n) is 7.37. The lowest BCUT2D eigenvalue weighted by molar-refractivity contribution is 0.243. The Labute approximate surface area is 156 Å². The molecule has 1 saturated heterocycles. The maximum absolute atomic E-state index is 12.2. The van der Waals surface area contributed by atoms with Crippen molar-refractivity contribution in [1.29, 1.82) is 0 Å². The maximum atomic E-state index is 12.2. The van der Waals surface area contributed by atoms with E-state index in [0.717, 1.165) is 25.2 Å². The molecule has 4 nitrogen and oxygen atoms in total. The van der Waals surface area contributed by atoms with Crippen molar-refractivity contribution in [3.8, 4) is 0 Å². The summed E-state index contributed by atoms with van der Waals surface area (Å²) in [6.45, 7) is 9.22. The zero-order valence-electron chi connectivity index (χ0n) is 16.0. The van der Waals surface area contributed by atoms with Gasteiger partial charge in [-0.05, 0) is 68.5 Å². The summed E-state index contributed by atoms with van der Waals surface area (Å²) >= 11 is 0. The number of hydrogen-bond donors (Lipinski definition) is 2. The molecule has 2 aromatic rings. The zero-order chi connectivity index (χ0) is 18.5. The van der Waals surface area contributed by atoms with Crippen molar-refractivity contribution >= 4 is 11.7 Å². The number of nitrogens with zero attached hydrogens (tertiary/aromatic N) is 1. The van der Waals surface area contributed by atoms with Gasteiger partial charge in [0.2, 0.25) is 0 Å². The fourth-order valence-electron chi connectivity index (χ4n) is 3.55. The van der Waals surface area contributed by atoms with Gasteiger partial charge >= 0.3 is 6.03 Å². The Morgan fingerprint density at radius 2 is 1.92 bits per heavy atom. The number of amides is 2. The Bertz CT molecular complexity index is 744. The molecule has 3 rings (SSSR count). The number of likely N-dealkylation sites (tertiary alicyclic amines) is 1. The van der Waals surface area contributed by atoms with Gasteiger partial charge in [-0.15, -0.1) is 0 Å². The summed E-state index contributed by atoms with van der Waals surface area (Å²) in [5.41, 5.74) is 4.61. The number of urea groups is 1. The smallest absolute Gasteiger partial charge is 0.319 e. The number of carbonyl (C=O) groups excluding carboxylic acids is 1. The highest BCUT2D eigenvalue weighted by molar-refractivity contribution is 5.89. The Morgan fingerprint density at radius 3 is 2.65 bits per heavy atom. The van der Waals surface area contributed by atoms with Crippen LogP contribution in [-0.4, -0.2) is 30.6 Å². The van der Waals surface area contributed by atoms with E-state index in [2.05, 4.69) is 66.6 Å².